The van der Waals surface area contributed by atoms with Gasteiger partial charge in [-0.05, 0) is 43.2 Å². The van der Waals surface area contributed by atoms with E-state index in [-0.39, 0.29) is 16.4 Å². The molecule has 138 valence electrons. The zero-order valence-electron chi connectivity index (χ0n) is 14.3. The van der Waals surface area contributed by atoms with E-state index in [0.29, 0.717) is 5.01 Å². The van der Waals surface area contributed by atoms with Gasteiger partial charge in [-0.1, -0.05) is 11.6 Å². The standard InChI is InChI=1S/C19H16ClFN4OS/c20-14-5-4-13(21)9-15(14)23-18(26)16-11-27-19(24-16)12-3-6-17(22-10-12)25-7-1-2-8-25/h3-6,9-11H,1-2,7-8H2,(H,23,26). The first kappa shape index (κ1) is 17.9. The van der Waals surface area contributed by atoms with Gasteiger partial charge in [-0.25, -0.2) is 14.4 Å². The number of anilines is 2. The van der Waals surface area contributed by atoms with Crippen molar-refractivity contribution in [3.63, 3.8) is 0 Å². The fraction of sp³-hybridized carbons (Fsp3) is 0.211. The molecule has 0 radical (unpaired) electrons. The first-order chi connectivity index (χ1) is 13.1. The van der Waals surface area contributed by atoms with Crippen LogP contribution < -0.4 is 10.2 Å². The van der Waals surface area contributed by atoms with Crippen LogP contribution in [0.15, 0.2) is 41.9 Å². The Labute approximate surface area is 164 Å². The van der Waals surface area contributed by atoms with Crippen LogP contribution in [0.1, 0.15) is 23.3 Å². The SMILES string of the molecule is O=C(Nc1cc(F)ccc1Cl)c1csc(-c2ccc(N3CCCC3)nc2)n1. The third-order valence-electron chi connectivity index (χ3n) is 4.34. The number of nitrogens with zero attached hydrogens (tertiary/aromatic N) is 3. The molecule has 0 aliphatic carbocycles. The van der Waals surface area contributed by atoms with Gasteiger partial charge >= 0.3 is 0 Å². The van der Waals surface area contributed by atoms with Crippen LogP contribution in [0.5, 0.6) is 0 Å². The molecule has 0 atom stereocenters. The second kappa shape index (κ2) is 7.62. The third-order valence-corrected chi connectivity index (χ3v) is 5.56. The fourth-order valence-corrected chi connectivity index (χ4v) is 3.89. The van der Waals surface area contributed by atoms with E-state index >= 15 is 0 Å². The molecule has 0 bridgehead atoms. The van der Waals surface area contributed by atoms with E-state index in [0.717, 1.165) is 24.5 Å². The lowest BCUT2D eigenvalue weighted by Gasteiger charge is -2.15. The van der Waals surface area contributed by atoms with E-state index in [4.69, 9.17) is 11.6 Å². The Morgan fingerprint density at radius 2 is 2.04 bits per heavy atom. The maximum Gasteiger partial charge on any atom is 0.275 e. The molecular formula is C19H16ClFN4OS. The first-order valence-electron chi connectivity index (χ1n) is 8.53. The zero-order chi connectivity index (χ0) is 18.8. The topological polar surface area (TPSA) is 58.1 Å². The van der Waals surface area contributed by atoms with Gasteiger partial charge in [0.2, 0.25) is 0 Å². The maximum atomic E-state index is 13.3. The Balaban J connectivity index is 1.49. The van der Waals surface area contributed by atoms with Crippen LogP contribution in [0.25, 0.3) is 10.6 Å². The summed E-state index contributed by atoms with van der Waals surface area (Å²) in [5.41, 5.74) is 1.32. The van der Waals surface area contributed by atoms with Gasteiger partial charge < -0.3 is 10.2 Å². The monoisotopic (exact) mass is 402 g/mol. The number of benzene rings is 1. The van der Waals surface area contributed by atoms with E-state index in [9.17, 15) is 9.18 Å². The highest BCUT2D eigenvalue weighted by atomic mass is 35.5. The van der Waals surface area contributed by atoms with Crippen molar-refractivity contribution in [1.29, 1.82) is 0 Å². The number of amides is 1. The molecular weight excluding hydrogens is 387 g/mol. The number of halogens is 2. The molecule has 0 saturated carbocycles. The molecule has 2 aromatic heterocycles. The molecule has 1 fully saturated rings. The van der Waals surface area contributed by atoms with Crippen molar-refractivity contribution >= 4 is 40.4 Å². The summed E-state index contributed by atoms with van der Waals surface area (Å²) in [5.74, 6) is 0.0519. The Morgan fingerprint density at radius 3 is 2.78 bits per heavy atom. The van der Waals surface area contributed by atoms with Gasteiger partial charge in [0.1, 0.15) is 22.3 Å². The van der Waals surface area contributed by atoms with Crippen LogP contribution >= 0.6 is 22.9 Å². The average molecular weight is 403 g/mol. The quantitative estimate of drug-likeness (QED) is 0.677. The van der Waals surface area contributed by atoms with Gasteiger partial charge in [-0.3, -0.25) is 4.79 Å². The van der Waals surface area contributed by atoms with Crippen molar-refractivity contribution in [2.45, 2.75) is 12.8 Å². The summed E-state index contributed by atoms with van der Waals surface area (Å²) in [6, 6.07) is 7.75. The molecule has 1 saturated heterocycles. The first-order valence-corrected chi connectivity index (χ1v) is 9.79. The number of aromatic nitrogens is 2. The zero-order valence-corrected chi connectivity index (χ0v) is 15.9. The summed E-state index contributed by atoms with van der Waals surface area (Å²) in [6.07, 6.45) is 4.17. The van der Waals surface area contributed by atoms with Crippen LogP contribution in [0.4, 0.5) is 15.9 Å². The van der Waals surface area contributed by atoms with Crippen molar-refractivity contribution < 1.29 is 9.18 Å². The number of hydrogen-bond acceptors (Lipinski definition) is 5. The smallest absolute Gasteiger partial charge is 0.275 e. The van der Waals surface area contributed by atoms with Crippen molar-refractivity contribution in [3.05, 3.63) is 58.4 Å². The number of nitrogens with one attached hydrogen (secondary N) is 1. The largest absolute Gasteiger partial charge is 0.357 e. The van der Waals surface area contributed by atoms with Crippen LogP contribution in [-0.2, 0) is 0 Å². The highest BCUT2D eigenvalue weighted by Crippen LogP contribution is 2.27. The minimum atomic E-state index is -0.474. The van der Waals surface area contributed by atoms with Gasteiger partial charge in [0.15, 0.2) is 0 Å². The Morgan fingerprint density at radius 1 is 1.22 bits per heavy atom. The molecule has 1 aliphatic heterocycles. The van der Waals surface area contributed by atoms with Crippen LogP contribution in [0, 0.1) is 5.82 Å². The molecule has 1 aromatic carbocycles. The number of rotatable bonds is 4. The van der Waals surface area contributed by atoms with E-state index in [1.54, 1.807) is 11.6 Å². The van der Waals surface area contributed by atoms with Crippen LogP contribution in [-0.4, -0.2) is 29.0 Å². The van der Waals surface area contributed by atoms with Gasteiger partial charge in [-0.2, -0.15) is 0 Å². The molecule has 0 unspecified atom stereocenters. The molecule has 1 aliphatic rings. The summed E-state index contributed by atoms with van der Waals surface area (Å²) >= 11 is 7.34. The number of pyridine rings is 1. The molecule has 1 N–H and O–H groups in total. The lowest BCUT2D eigenvalue weighted by molar-refractivity contribution is 0.102. The lowest BCUT2D eigenvalue weighted by atomic mass is 10.3. The number of thiazole rings is 1. The molecule has 27 heavy (non-hydrogen) atoms. The van der Waals surface area contributed by atoms with Gasteiger partial charge in [0.25, 0.3) is 5.91 Å². The van der Waals surface area contributed by atoms with Crippen molar-refractivity contribution in [3.8, 4) is 10.6 Å². The molecule has 4 rings (SSSR count). The summed E-state index contributed by atoms with van der Waals surface area (Å²) in [7, 11) is 0. The van der Waals surface area contributed by atoms with Crippen molar-refractivity contribution in [2.75, 3.05) is 23.3 Å². The summed E-state index contributed by atoms with van der Waals surface area (Å²) in [4.78, 5) is 23.5. The van der Waals surface area contributed by atoms with E-state index in [2.05, 4.69) is 20.2 Å². The van der Waals surface area contributed by atoms with Crippen LogP contribution in [0.2, 0.25) is 5.02 Å². The summed E-state index contributed by atoms with van der Waals surface area (Å²) in [5, 5.41) is 5.21. The maximum absolute atomic E-state index is 13.3. The Kier molecular flexibility index (Phi) is 5.05. The predicted octanol–water partition coefficient (Wildman–Crippen LogP) is 4.85. The molecule has 5 nitrogen and oxygen atoms in total. The van der Waals surface area contributed by atoms with Crippen LogP contribution in [0.3, 0.4) is 0 Å². The highest BCUT2D eigenvalue weighted by Gasteiger charge is 2.16. The van der Waals surface area contributed by atoms with Gasteiger partial charge in [0, 0.05) is 30.2 Å². The third kappa shape index (κ3) is 3.94. The van der Waals surface area contributed by atoms with Crippen molar-refractivity contribution in [1.82, 2.24) is 9.97 Å². The minimum absolute atomic E-state index is 0.216. The number of carbonyl (C=O) groups excluding carboxylic acids is 1. The Bertz CT molecular complexity index is 970. The molecule has 0 spiro atoms. The normalized spacial score (nSPS) is 13.8. The number of hydrogen-bond donors (Lipinski definition) is 1. The molecule has 8 heteroatoms. The van der Waals surface area contributed by atoms with Gasteiger partial charge in [0.05, 0.1) is 10.7 Å². The van der Waals surface area contributed by atoms with E-state index in [1.165, 1.54) is 42.4 Å². The average Bonchev–Trinajstić information content (AvgIpc) is 3.37. The van der Waals surface area contributed by atoms with E-state index in [1.807, 2.05) is 12.1 Å². The molecule has 1 amide bonds. The molecule has 3 heterocycles. The minimum Gasteiger partial charge on any atom is -0.357 e. The second-order valence-electron chi connectivity index (χ2n) is 6.22. The Hall–Kier alpha value is -2.51. The number of carbonyl (C=O) groups is 1. The van der Waals surface area contributed by atoms with Gasteiger partial charge in [-0.15, -0.1) is 11.3 Å². The second-order valence-corrected chi connectivity index (χ2v) is 7.48. The summed E-state index contributed by atoms with van der Waals surface area (Å²) in [6.45, 7) is 2.08. The lowest BCUT2D eigenvalue weighted by Crippen LogP contribution is -2.18. The predicted molar refractivity (Wildman–Crippen MR) is 106 cm³/mol. The summed E-state index contributed by atoms with van der Waals surface area (Å²) < 4.78 is 13.3. The fourth-order valence-electron chi connectivity index (χ4n) is 2.94. The van der Waals surface area contributed by atoms with Crippen molar-refractivity contribution in [2.24, 2.45) is 0 Å². The highest BCUT2D eigenvalue weighted by molar-refractivity contribution is 7.13. The van der Waals surface area contributed by atoms with E-state index < -0.39 is 11.7 Å². The molecule has 3 aromatic rings.